The highest BCUT2D eigenvalue weighted by Gasteiger charge is 2.46. The highest BCUT2D eigenvalue weighted by molar-refractivity contribution is 6.14. The maximum absolute atomic E-state index is 9.79. The zero-order valence-electron chi connectivity index (χ0n) is 7.96. The van der Waals surface area contributed by atoms with Gasteiger partial charge < -0.3 is 19.3 Å². The van der Waals surface area contributed by atoms with Crippen molar-refractivity contribution in [2.45, 2.75) is 11.2 Å². The van der Waals surface area contributed by atoms with Crippen LogP contribution >= 0.6 is 0 Å². The zero-order chi connectivity index (χ0) is 9.83. The molecule has 5 heteroatoms. The van der Waals surface area contributed by atoms with E-state index in [-0.39, 0.29) is 0 Å². The first-order valence-corrected chi connectivity index (χ1v) is 4.51. The van der Waals surface area contributed by atoms with E-state index >= 15 is 0 Å². The average Bonchev–Trinajstić information content (AvgIpc) is 2.15. The maximum atomic E-state index is 9.79. The molecular formula is C7H16O4Si. The van der Waals surface area contributed by atoms with Gasteiger partial charge in [-0.15, -0.1) is 0 Å². The maximum Gasteiger partial charge on any atom is 0.235 e. The van der Waals surface area contributed by atoms with Gasteiger partial charge >= 0.3 is 0 Å². The van der Waals surface area contributed by atoms with Gasteiger partial charge in [0.1, 0.15) is 0 Å². The molecule has 1 N–H and O–H groups in total. The molecular weight excluding hydrogens is 176 g/mol. The van der Waals surface area contributed by atoms with E-state index in [0.29, 0.717) is 10.2 Å². The van der Waals surface area contributed by atoms with E-state index in [4.69, 9.17) is 14.2 Å². The van der Waals surface area contributed by atoms with Crippen LogP contribution in [0.2, 0.25) is 0 Å². The molecule has 0 aliphatic carbocycles. The zero-order valence-corrected chi connectivity index (χ0v) is 9.96. The van der Waals surface area contributed by atoms with Crippen molar-refractivity contribution in [3.05, 3.63) is 12.7 Å². The summed E-state index contributed by atoms with van der Waals surface area (Å²) in [6.07, 6.45) is 1.26. The molecule has 0 amide bonds. The van der Waals surface area contributed by atoms with E-state index < -0.39 is 11.2 Å². The van der Waals surface area contributed by atoms with Crippen molar-refractivity contribution in [1.82, 2.24) is 0 Å². The molecule has 0 heterocycles. The van der Waals surface area contributed by atoms with Gasteiger partial charge in [0.15, 0.2) is 5.41 Å². The first-order chi connectivity index (χ1) is 5.49. The van der Waals surface area contributed by atoms with E-state index in [0.717, 1.165) is 0 Å². The largest absolute Gasteiger partial charge is 0.358 e. The summed E-state index contributed by atoms with van der Waals surface area (Å²) >= 11 is 0. The third kappa shape index (κ3) is 1.75. The molecule has 0 spiro atoms. The molecule has 0 radical (unpaired) electrons. The second kappa shape index (κ2) is 4.15. The van der Waals surface area contributed by atoms with Gasteiger partial charge in [0, 0.05) is 21.3 Å². The molecule has 0 fully saturated rings. The van der Waals surface area contributed by atoms with Gasteiger partial charge in [0.2, 0.25) is 5.79 Å². The number of hydrogen-bond donors (Lipinski definition) is 1. The van der Waals surface area contributed by atoms with Crippen LogP contribution in [0.4, 0.5) is 0 Å². The van der Waals surface area contributed by atoms with Crippen LogP contribution in [0.3, 0.4) is 0 Å². The quantitative estimate of drug-likeness (QED) is 0.338. The van der Waals surface area contributed by atoms with Gasteiger partial charge in [-0.05, 0) is 6.08 Å². The summed E-state index contributed by atoms with van der Waals surface area (Å²) in [6.45, 7) is 3.45. The third-order valence-corrected chi connectivity index (χ3v) is 3.55. The molecule has 0 aromatic carbocycles. The summed E-state index contributed by atoms with van der Waals surface area (Å²) in [4.78, 5) is 0. The predicted octanol–water partition coefficient (Wildman–Crippen LogP) is -1.18. The minimum absolute atomic E-state index is 0.456. The van der Waals surface area contributed by atoms with Crippen LogP contribution in [0.15, 0.2) is 12.7 Å². The Labute approximate surface area is 75.5 Å². The second-order valence-electron chi connectivity index (χ2n) is 2.46. The van der Waals surface area contributed by atoms with Crippen LogP contribution in [-0.4, -0.2) is 47.9 Å². The molecule has 0 aliphatic rings. The number of rotatable bonds is 5. The summed E-state index contributed by atoms with van der Waals surface area (Å²) in [5.41, 5.74) is -1.11. The van der Waals surface area contributed by atoms with Gasteiger partial charge in [0.25, 0.3) is 0 Å². The van der Waals surface area contributed by atoms with Crippen molar-refractivity contribution in [3.8, 4) is 0 Å². The molecule has 0 aromatic heterocycles. The third-order valence-electron chi connectivity index (χ3n) is 2.02. The van der Waals surface area contributed by atoms with E-state index in [9.17, 15) is 5.11 Å². The monoisotopic (exact) mass is 192 g/mol. The molecule has 0 aromatic rings. The van der Waals surface area contributed by atoms with Crippen LogP contribution in [0.5, 0.6) is 0 Å². The van der Waals surface area contributed by atoms with E-state index in [1.165, 1.54) is 27.4 Å². The molecule has 0 saturated carbocycles. The van der Waals surface area contributed by atoms with Crippen molar-refractivity contribution < 1.29 is 19.3 Å². The molecule has 12 heavy (non-hydrogen) atoms. The lowest BCUT2D eigenvalue weighted by molar-refractivity contribution is -0.317. The summed E-state index contributed by atoms with van der Waals surface area (Å²) in [5.74, 6) is -1.58. The fourth-order valence-electron chi connectivity index (χ4n) is 0.830. The van der Waals surface area contributed by atoms with Crippen LogP contribution in [0, 0.1) is 0 Å². The number of aliphatic hydroxyl groups is 1. The second-order valence-corrected chi connectivity index (χ2v) is 3.78. The highest BCUT2D eigenvalue weighted by Crippen LogP contribution is 2.25. The van der Waals surface area contributed by atoms with Crippen LogP contribution in [0.25, 0.3) is 0 Å². The van der Waals surface area contributed by atoms with Crippen molar-refractivity contribution >= 4 is 10.2 Å². The Balaban J connectivity index is 4.78. The molecule has 72 valence electrons. The Hall–Kier alpha value is -0.203. The SMILES string of the molecule is C=CC(O)(OC)C([SiH3])(OC)OC. The van der Waals surface area contributed by atoms with Crippen molar-refractivity contribution in [2.24, 2.45) is 0 Å². The van der Waals surface area contributed by atoms with Crippen molar-refractivity contribution in [3.63, 3.8) is 0 Å². The Morgan fingerprint density at radius 1 is 1.25 bits per heavy atom. The number of methoxy groups -OCH3 is 3. The number of hydrogen-bond acceptors (Lipinski definition) is 4. The Morgan fingerprint density at radius 2 is 1.67 bits per heavy atom. The topological polar surface area (TPSA) is 47.9 Å². The van der Waals surface area contributed by atoms with E-state index in [1.807, 2.05) is 0 Å². The lowest BCUT2D eigenvalue weighted by Gasteiger charge is -2.39. The van der Waals surface area contributed by atoms with Gasteiger partial charge in [-0.2, -0.15) is 0 Å². The molecule has 0 saturated heterocycles. The van der Waals surface area contributed by atoms with Crippen LogP contribution in [0.1, 0.15) is 0 Å². The van der Waals surface area contributed by atoms with Crippen LogP contribution in [-0.2, 0) is 14.2 Å². The minimum Gasteiger partial charge on any atom is -0.358 e. The predicted molar refractivity (Wildman–Crippen MR) is 48.8 cm³/mol. The fraction of sp³-hybridized carbons (Fsp3) is 0.714. The van der Waals surface area contributed by atoms with Crippen LogP contribution < -0.4 is 0 Å². The molecule has 4 nitrogen and oxygen atoms in total. The Bertz CT molecular complexity index is 157. The minimum atomic E-state index is -1.58. The Kier molecular flexibility index (Phi) is 4.08. The smallest absolute Gasteiger partial charge is 0.235 e. The standard InChI is InChI=1S/C7H16O4Si/c1-5-6(8,9-2)7(12,10-3)11-4/h5,8H,1H2,2-4,12H3. The molecule has 0 aliphatic heterocycles. The van der Waals surface area contributed by atoms with Crippen molar-refractivity contribution in [2.75, 3.05) is 21.3 Å². The highest BCUT2D eigenvalue weighted by atomic mass is 28.1. The summed E-state index contributed by atoms with van der Waals surface area (Å²) < 4.78 is 14.9. The van der Waals surface area contributed by atoms with Gasteiger partial charge in [-0.3, -0.25) is 0 Å². The number of ether oxygens (including phenoxy) is 3. The van der Waals surface area contributed by atoms with Gasteiger partial charge in [-0.25, -0.2) is 0 Å². The lowest BCUT2D eigenvalue weighted by atomic mass is 10.2. The summed E-state index contributed by atoms with van der Waals surface area (Å²) in [5, 5.41) is 9.79. The average molecular weight is 192 g/mol. The van der Waals surface area contributed by atoms with Crippen molar-refractivity contribution in [1.29, 1.82) is 0 Å². The summed E-state index contributed by atoms with van der Waals surface area (Å²) in [7, 11) is 4.72. The van der Waals surface area contributed by atoms with E-state index in [1.54, 1.807) is 0 Å². The first-order valence-electron chi connectivity index (χ1n) is 3.51. The fourth-order valence-corrected chi connectivity index (χ4v) is 1.24. The van der Waals surface area contributed by atoms with Gasteiger partial charge in [0.05, 0.1) is 10.2 Å². The normalized spacial score (nSPS) is 17.3. The molecule has 1 unspecified atom stereocenters. The first kappa shape index (κ1) is 11.8. The molecule has 1 atom stereocenters. The molecule has 0 rings (SSSR count). The van der Waals surface area contributed by atoms with E-state index in [2.05, 4.69) is 6.58 Å². The lowest BCUT2D eigenvalue weighted by Crippen LogP contribution is -2.57. The Morgan fingerprint density at radius 3 is 1.75 bits per heavy atom. The molecule has 0 bridgehead atoms. The summed E-state index contributed by atoms with van der Waals surface area (Å²) in [6, 6.07) is 0. The van der Waals surface area contributed by atoms with Gasteiger partial charge in [-0.1, -0.05) is 6.58 Å².